The lowest BCUT2D eigenvalue weighted by Gasteiger charge is -2.34. The van der Waals surface area contributed by atoms with Gasteiger partial charge in [0.05, 0.1) is 26.2 Å². The van der Waals surface area contributed by atoms with Crippen LogP contribution in [0.15, 0.2) is 29.3 Å². The first-order valence-corrected chi connectivity index (χ1v) is 23.6. The number of rotatable bonds is 36. The number of hydrogen-bond donors (Lipinski definition) is 1. The number of quaternary nitrogens is 1. The number of allylic oxidation sites excluding steroid dienone is 4. The van der Waals surface area contributed by atoms with Crippen LogP contribution in [0, 0.1) is 0 Å². The van der Waals surface area contributed by atoms with E-state index in [1.165, 1.54) is 173 Å². The van der Waals surface area contributed by atoms with E-state index in [2.05, 4.69) is 54.6 Å². The summed E-state index contributed by atoms with van der Waals surface area (Å²) < 4.78 is 33.0. The minimum Gasteiger partial charge on any atom is -0.726 e. The Kier molecular flexibility index (Phi) is 36.3. The molecule has 0 saturated heterocycles. The van der Waals surface area contributed by atoms with Crippen LogP contribution in [-0.4, -0.2) is 68.5 Å². The zero-order valence-corrected chi connectivity index (χ0v) is 36.0. The number of amides is 1. The number of hydrogen-bond acceptors (Lipinski definition) is 6. The maximum absolute atomic E-state index is 12.5. The van der Waals surface area contributed by atoms with E-state index < -0.39 is 10.4 Å². The van der Waals surface area contributed by atoms with E-state index in [-0.39, 0.29) is 12.5 Å². The monoisotopic (exact) mass is 768 g/mol. The Hall–Kier alpha value is -1.55. The summed E-state index contributed by atoms with van der Waals surface area (Å²) in [6.45, 7) is 13.1. The number of nitrogens with zero attached hydrogens (tertiary/aromatic N) is 2. The highest BCUT2D eigenvalue weighted by atomic mass is 32.3. The summed E-state index contributed by atoms with van der Waals surface area (Å²) in [5, 5.41) is 3.24. The van der Waals surface area contributed by atoms with Crippen LogP contribution in [0.1, 0.15) is 207 Å². The molecule has 312 valence electrons. The van der Waals surface area contributed by atoms with Gasteiger partial charge in [-0.05, 0) is 78.1 Å². The average molecular weight is 768 g/mol. The lowest BCUT2D eigenvalue weighted by atomic mass is 10.1. The van der Waals surface area contributed by atoms with Gasteiger partial charge in [0.15, 0.2) is 5.84 Å². The average Bonchev–Trinajstić information content (AvgIpc) is 3.53. The summed E-state index contributed by atoms with van der Waals surface area (Å²) in [6, 6.07) is 0. The Bertz CT molecular complexity index is 1030. The largest absolute Gasteiger partial charge is 0.726 e. The number of nitrogens with one attached hydrogen (secondary N) is 1. The van der Waals surface area contributed by atoms with Gasteiger partial charge in [-0.15, -0.1) is 0 Å². The first-order valence-electron chi connectivity index (χ1n) is 22.3. The third-order valence-electron chi connectivity index (χ3n) is 10.4. The number of unbranched alkanes of at least 4 members (excludes halogenated alkanes) is 22. The summed E-state index contributed by atoms with van der Waals surface area (Å²) in [5.41, 5.74) is 0. The van der Waals surface area contributed by atoms with Crippen LogP contribution in [0.2, 0.25) is 0 Å². The molecule has 0 spiro atoms. The second-order valence-corrected chi connectivity index (χ2v) is 16.1. The Morgan fingerprint density at radius 2 is 1.11 bits per heavy atom. The van der Waals surface area contributed by atoms with Crippen molar-refractivity contribution in [1.29, 1.82) is 0 Å². The molecule has 1 N–H and O–H groups in total. The van der Waals surface area contributed by atoms with E-state index >= 15 is 0 Å². The first kappa shape index (κ1) is 51.5. The fourth-order valence-corrected chi connectivity index (χ4v) is 7.35. The third kappa shape index (κ3) is 33.5. The topological polar surface area (TPSA) is 108 Å². The van der Waals surface area contributed by atoms with Gasteiger partial charge in [0.25, 0.3) is 0 Å². The maximum atomic E-state index is 12.5. The van der Waals surface area contributed by atoms with E-state index in [9.17, 15) is 17.8 Å². The lowest BCUT2D eigenvalue weighted by Crippen LogP contribution is -2.54. The third-order valence-corrected chi connectivity index (χ3v) is 11.0. The fourth-order valence-electron chi connectivity index (χ4n) is 7.06. The Morgan fingerprint density at radius 3 is 1.53 bits per heavy atom. The van der Waals surface area contributed by atoms with E-state index in [1.807, 2.05) is 0 Å². The number of likely N-dealkylation sites (N-methyl/N-ethyl adjacent to an activating group) is 1. The molecular formula is C44H85N3O5S. The van der Waals surface area contributed by atoms with Crippen molar-refractivity contribution in [3.05, 3.63) is 24.3 Å². The summed E-state index contributed by atoms with van der Waals surface area (Å²) >= 11 is 0. The van der Waals surface area contributed by atoms with Crippen LogP contribution in [-0.2, 0) is 19.4 Å². The van der Waals surface area contributed by atoms with Crippen molar-refractivity contribution in [1.82, 2.24) is 5.32 Å². The molecule has 1 atom stereocenters. The quantitative estimate of drug-likeness (QED) is 0.0224. The molecular weight excluding hydrogens is 683 g/mol. The van der Waals surface area contributed by atoms with Gasteiger partial charge in [-0.25, -0.2) is 13.4 Å². The molecule has 0 saturated carbocycles. The fraction of sp³-hybridized carbons (Fsp3) is 0.864. The van der Waals surface area contributed by atoms with Crippen molar-refractivity contribution in [3.63, 3.8) is 0 Å². The summed E-state index contributed by atoms with van der Waals surface area (Å²) in [5.74, 6) is 1.63. The standard InChI is InChI=1S/C42H79N3O.C2H6O4S/c1-4-7-9-11-13-15-17-19-21-23-25-27-29-31-33-35-41-43-37-39-45(41,6-3)40-38-44-42(46)36-34-32-30-28-26-24-22-20-18-16-14-12-10-8-5-2;1-2-6-7(3,4)5/h19-22H,4-18,23-40H2,1-3H3;2H2,1H3,(H,3,4,5)/b21-19+,22-20+;. The smallest absolute Gasteiger partial charge is 0.220 e. The number of carbonyl (C=O) groups excluding carboxylic acids is 1. The molecule has 1 rings (SSSR count). The van der Waals surface area contributed by atoms with Gasteiger partial charge in [-0.2, -0.15) is 0 Å². The Balaban J connectivity index is 0.00000348. The molecule has 0 aromatic heterocycles. The molecule has 1 heterocycles. The van der Waals surface area contributed by atoms with Gasteiger partial charge in [-0.3, -0.25) is 13.5 Å². The predicted octanol–water partition coefficient (Wildman–Crippen LogP) is 11.9. The van der Waals surface area contributed by atoms with Gasteiger partial charge in [0.1, 0.15) is 13.1 Å². The molecule has 0 bridgehead atoms. The highest BCUT2D eigenvalue weighted by molar-refractivity contribution is 7.80. The normalized spacial score (nSPS) is 16.0. The van der Waals surface area contributed by atoms with Crippen LogP contribution in [0.3, 0.4) is 0 Å². The van der Waals surface area contributed by atoms with Crippen LogP contribution in [0.4, 0.5) is 0 Å². The van der Waals surface area contributed by atoms with Crippen molar-refractivity contribution in [3.8, 4) is 0 Å². The zero-order valence-electron chi connectivity index (χ0n) is 35.2. The van der Waals surface area contributed by atoms with Crippen molar-refractivity contribution in [2.75, 3.05) is 39.3 Å². The van der Waals surface area contributed by atoms with Gasteiger partial charge >= 0.3 is 0 Å². The molecule has 0 aromatic carbocycles. The second-order valence-electron chi connectivity index (χ2n) is 15.0. The van der Waals surface area contributed by atoms with Crippen LogP contribution in [0.25, 0.3) is 0 Å². The molecule has 1 unspecified atom stereocenters. The van der Waals surface area contributed by atoms with E-state index in [0.29, 0.717) is 6.42 Å². The molecule has 1 aliphatic heterocycles. The zero-order chi connectivity index (χ0) is 39.1. The van der Waals surface area contributed by atoms with Crippen molar-refractivity contribution in [2.45, 2.75) is 207 Å². The highest BCUT2D eigenvalue weighted by Gasteiger charge is 2.35. The highest BCUT2D eigenvalue weighted by Crippen LogP contribution is 2.20. The lowest BCUT2D eigenvalue weighted by molar-refractivity contribution is -0.833. The van der Waals surface area contributed by atoms with Gasteiger partial charge in [0.2, 0.25) is 16.3 Å². The summed E-state index contributed by atoms with van der Waals surface area (Å²) in [6.07, 6.45) is 45.7. The summed E-state index contributed by atoms with van der Waals surface area (Å²) in [7, 11) is -4.42. The number of amidine groups is 1. The molecule has 0 radical (unpaired) electrons. The van der Waals surface area contributed by atoms with Crippen molar-refractivity contribution >= 4 is 22.1 Å². The van der Waals surface area contributed by atoms with Crippen LogP contribution >= 0.6 is 0 Å². The van der Waals surface area contributed by atoms with Crippen molar-refractivity contribution in [2.24, 2.45) is 4.99 Å². The van der Waals surface area contributed by atoms with E-state index in [4.69, 9.17) is 4.99 Å². The van der Waals surface area contributed by atoms with Crippen molar-refractivity contribution < 1.29 is 26.4 Å². The first-order chi connectivity index (χ1) is 25.7. The molecule has 8 nitrogen and oxygen atoms in total. The molecule has 9 heteroatoms. The number of aliphatic imine (C=N–C) groups is 1. The molecule has 1 amide bonds. The van der Waals surface area contributed by atoms with E-state index in [1.54, 1.807) is 0 Å². The SMILES string of the molecule is CCCCCCCC/C=C/CCCCCCCC(=O)NCC[N+]1(CC)CCN=C1CCCCCCC/C=C/CCCCCCCC.CCOS(=O)(=O)[O-]. The minimum atomic E-state index is -4.42. The van der Waals surface area contributed by atoms with E-state index in [0.717, 1.165) is 50.0 Å². The molecule has 1 aliphatic rings. The number of carbonyl (C=O) groups is 1. The Labute approximate surface area is 329 Å². The van der Waals surface area contributed by atoms with Gasteiger partial charge in [0, 0.05) is 12.8 Å². The maximum Gasteiger partial charge on any atom is 0.220 e. The summed E-state index contributed by atoms with van der Waals surface area (Å²) in [4.78, 5) is 17.4. The van der Waals surface area contributed by atoms with Gasteiger partial charge < -0.3 is 9.87 Å². The Morgan fingerprint density at radius 1 is 0.679 bits per heavy atom. The predicted molar refractivity (Wildman–Crippen MR) is 226 cm³/mol. The molecule has 0 fully saturated rings. The van der Waals surface area contributed by atoms with Crippen LogP contribution < -0.4 is 5.32 Å². The molecule has 0 aromatic rings. The molecule has 53 heavy (non-hydrogen) atoms. The molecule has 0 aliphatic carbocycles. The van der Waals surface area contributed by atoms with Crippen LogP contribution in [0.5, 0.6) is 0 Å². The minimum absolute atomic E-state index is 0.0914. The second kappa shape index (κ2) is 37.4. The van der Waals surface area contributed by atoms with Gasteiger partial charge in [-0.1, -0.05) is 141 Å².